The molecular weight excluding hydrogens is 539 g/mol. The Morgan fingerprint density at radius 3 is 1.30 bits per heavy atom. The van der Waals surface area contributed by atoms with Crippen molar-refractivity contribution in [3.63, 3.8) is 0 Å². The first-order valence-corrected chi connectivity index (χ1v) is 14.9. The second-order valence-electron chi connectivity index (χ2n) is 11.3. The van der Waals surface area contributed by atoms with E-state index in [1.165, 1.54) is 0 Å². The van der Waals surface area contributed by atoms with Crippen LogP contribution in [-0.2, 0) is 39.5 Å². The zero-order chi connectivity index (χ0) is 29.7. The van der Waals surface area contributed by atoms with E-state index in [4.69, 9.17) is 28.3 Å². The maximum absolute atomic E-state index is 7.14. The molecule has 0 unspecified atom stereocenters. The SMILES string of the molecule is COCOC[C@@H]1C[C@H]1B1O[C@@H](C(OC)(c2ccccc2)c2ccccc2)[C@H](C(OC)(c2ccccc2)c2ccccc2)O1. The second-order valence-corrected chi connectivity index (χ2v) is 11.3. The summed E-state index contributed by atoms with van der Waals surface area (Å²) < 4.78 is 38.5. The fourth-order valence-corrected chi connectivity index (χ4v) is 6.80. The van der Waals surface area contributed by atoms with E-state index in [2.05, 4.69) is 48.5 Å². The zero-order valence-electron chi connectivity index (χ0n) is 25.0. The first-order chi connectivity index (χ1) is 21.2. The van der Waals surface area contributed by atoms with Crippen LogP contribution in [0, 0.1) is 5.92 Å². The molecule has 0 amide bonds. The topological polar surface area (TPSA) is 55.4 Å². The summed E-state index contributed by atoms with van der Waals surface area (Å²) in [5.74, 6) is 0.488. The van der Waals surface area contributed by atoms with Crippen molar-refractivity contribution in [2.45, 2.75) is 35.6 Å². The minimum absolute atomic E-state index is 0.173. The summed E-state index contributed by atoms with van der Waals surface area (Å²) in [6, 6.07) is 41.2. The summed E-state index contributed by atoms with van der Waals surface area (Å²) in [5.41, 5.74) is 1.89. The van der Waals surface area contributed by atoms with Crippen LogP contribution in [0.2, 0.25) is 5.82 Å². The number of benzene rings is 4. The molecular formula is C36H39BO6. The van der Waals surface area contributed by atoms with Gasteiger partial charge in [-0.2, -0.15) is 0 Å². The van der Waals surface area contributed by atoms with Crippen molar-refractivity contribution in [1.29, 1.82) is 0 Å². The van der Waals surface area contributed by atoms with E-state index in [-0.39, 0.29) is 12.6 Å². The monoisotopic (exact) mass is 578 g/mol. The third kappa shape index (κ3) is 5.46. The lowest BCUT2D eigenvalue weighted by molar-refractivity contribution is -0.136. The van der Waals surface area contributed by atoms with E-state index in [0.29, 0.717) is 12.5 Å². The van der Waals surface area contributed by atoms with Crippen LogP contribution in [0.25, 0.3) is 0 Å². The van der Waals surface area contributed by atoms with Gasteiger partial charge in [-0.05, 0) is 40.4 Å². The van der Waals surface area contributed by atoms with Gasteiger partial charge in [0.05, 0.1) is 6.61 Å². The number of rotatable bonds is 13. The molecule has 0 aromatic heterocycles. The van der Waals surface area contributed by atoms with Crippen LogP contribution in [0.1, 0.15) is 28.7 Å². The van der Waals surface area contributed by atoms with Crippen LogP contribution in [0.3, 0.4) is 0 Å². The highest BCUT2D eigenvalue weighted by molar-refractivity contribution is 6.48. The van der Waals surface area contributed by atoms with Crippen molar-refractivity contribution in [2.24, 2.45) is 5.92 Å². The summed E-state index contributed by atoms with van der Waals surface area (Å²) in [5, 5.41) is 0. The summed E-state index contributed by atoms with van der Waals surface area (Å²) in [6.07, 6.45) is -0.233. The lowest BCUT2D eigenvalue weighted by atomic mass is 9.71. The minimum atomic E-state index is -1.01. The fraction of sp³-hybridized carbons (Fsp3) is 0.333. The highest BCUT2D eigenvalue weighted by Crippen LogP contribution is 2.56. The minimum Gasteiger partial charge on any atom is -0.402 e. The van der Waals surface area contributed by atoms with E-state index in [1.54, 1.807) is 21.3 Å². The second kappa shape index (κ2) is 13.1. The number of hydrogen-bond acceptors (Lipinski definition) is 6. The first-order valence-electron chi connectivity index (χ1n) is 14.9. The van der Waals surface area contributed by atoms with Crippen molar-refractivity contribution in [3.8, 4) is 0 Å². The summed E-state index contributed by atoms with van der Waals surface area (Å²) in [7, 11) is 4.67. The maximum atomic E-state index is 7.14. The Bertz CT molecular complexity index is 1240. The van der Waals surface area contributed by atoms with Crippen molar-refractivity contribution in [1.82, 2.24) is 0 Å². The average molecular weight is 579 g/mol. The van der Waals surface area contributed by atoms with Gasteiger partial charge in [0.25, 0.3) is 0 Å². The lowest BCUT2D eigenvalue weighted by Gasteiger charge is -2.47. The predicted octanol–water partition coefficient (Wildman–Crippen LogP) is 6.45. The van der Waals surface area contributed by atoms with Gasteiger partial charge >= 0.3 is 7.12 Å². The highest BCUT2D eigenvalue weighted by Gasteiger charge is 2.65. The summed E-state index contributed by atoms with van der Waals surface area (Å²) in [6.45, 7) is 0.862. The molecule has 0 N–H and O–H groups in total. The van der Waals surface area contributed by atoms with Crippen LogP contribution >= 0.6 is 0 Å². The van der Waals surface area contributed by atoms with Gasteiger partial charge in [0.1, 0.15) is 30.2 Å². The molecule has 1 aliphatic heterocycles. The standard InChI is InChI=1S/C36H39BO6/c1-38-26-41-25-27-24-32(27)37-42-33(35(39-2,28-16-8-4-9-17-28)29-18-10-5-11-19-29)34(43-37)36(40-3,30-20-12-6-13-21-30)31-22-14-7-15-23-31/h4-23,27,32-34H,24-26H2,1-3H3/t27-,32+,33+,34+/m0/s1. The van der Waals surface area contributed by atoms with Crippen LogP contribution in [0.5, 0.6) is 0 Å². The fourth-order valence-electron chi connectivity index (χ4n) is 6.80. The molecule has 4 aromatic carbocycles. The van der Waals surface area contributed by atoms with Gasteiger partial charge in [-0.15, -0.1) is 0 Å². The normalized spacial score (nSPS) is 22.1. The van der Waals surface area contributed by atoms with Gasteiger partial charge in [-0.1, -0.05) is 121 Å². The van der Waals surface area contributed by atoms with Gasteiger partial charge in [-0.25, -0.2) is 0 Å². The lowest BCUT2D eigenvalue weighted by Crippen LogP contribution is -2.56. The molecule has 7 heteroatoms. The Balaban J connectivity index is 1.54. The molecule has 0 bridgehead atoms. The molecule has 0 radical (unpaired) electrons. The van der Waals surface area contributed by atoms with E-state index in [1.807, 2.05) is 72.8 Å². The predicted molar refractivity (Wildman–Crippen MR) is 167 cm³/mol. The summed E-state index contributed by atoms with van der Waals surface area (Å²) >= 11 is 0. The van der Waals surface area contributed by atoms with E-state index < -0.39 is 30.5 Å². The Labute approximate surface area is 255 Å². The van der Waals surface area contributed by atoms with Crippen molar-refractivity contribution < 1.29 is 28.3 Å². The highest BCUT2D eigenvalue weighted by atomic mass is 16.7. The van der Waals surface area contributed by atoms with Crippen molar-refractivity contribution >= 4 is 7.12 Å². The molecule has 0 spiro atoms. The van der Waals surface area contributed by atoms with Crippen molar-refractivity contribution in [2.75, 3.05) is 34.7 Å². The molecule has 1 heterocycles. The average Bonchev–Trinajstić information content (AvgIpc) is 3.72. The third-order valence-electron chi connectivity index (χ3n) is 8.95. The molecule has 6 nitrogen and oxygen atoms in total. The van der Waals surface area contributed by atoms with Crippen LogP contribution in [0.4, 0.5) is 0 Å². The first kappa shape index (κ1) is 29.8. The molecule has 6 rings (SSSR count). The summed E-state index contributed by atoms with van der Waals surface area (Å²) in [4.78, 5) is 0. The van der Waals surface area contributed by atoms with Gasteiger partial charge < -0.3 is 28.3 Å². The van der Waals surface area contributed by atoms with E-state index in [0.717, 1.165) is 28.7 Å². The molecule has 1 aliphatic carbocycles. The molecule has 1 saturated carbocycles. The van der Waals surface area contributed by atoms with Gasteiger partial charge in [-0.3, -0.25) is 0 Å². The number of hydrogen-bond donors (Lipinski definition) is 0. The Hall–Kier alpha value is -3.30. The molecule has 43 heavy (non-hydrogen) atoms. The maximum Gasteiger partial charge on any atom is 0.461 e. The third-order valence-corrected chi connectivity index (χ3v) is 8.95. The van der Waals surface area contributed by atoms with E-state index >= 15 is 0 Å². The largest absolute Gasteiger partial charge is 0.461 e. The van der Waals surface area contributed by atoms with Gasteiger partial charge in [0, 0.05) is 21.3 Å². The van der Waals surface area contributed by atoms with Crippen LogP contribution < -0.4 is 0 Å². The van der Waals surface area contributed by atoms with Crippen LogP contribution in [-0.4, -0.2) is 54.1 Å². The quantitative estimate of drug-likeness (QED) is 0.103. The Morgan fingerprint density at radius 1 is 0.605 bits per heavy atom. The molecule has 222 valence electrons. The Kier molecular flexibility index (Phi) is 9.10. The molecule has 4 atom stereocenters. The smallest absolute Gasteiger partial charge is 0.402 e. The molecule has 2 aliphatic rings. The molecule has 1 saturated heterocycles. The van der Waals surface area contributed by atoms with Crippen LogP contribution in [0.15, 0.2) is 121 Å². The van der Waals surface area contributed by atoms with E-state index in [9.17, 15) is 0 Å². The van der Waals surface area contributed by atoms with Gasteiger partial charge in [0.15, 0.2) is 0 Å². The zero-order valence-corrected chi connectivity index (χ0v) is 25.0. The van der Waals surface area contributed by atoms with Crippen molar-refractivity contribution in [3.05, 3.63) is 144 Å². The Morgan fingerprint density at radius 2 is 0.977 bits per heavy atom. The number of methoxy groups -OCH3 is 3. The molecule has 2 fully saturated rings. The van der Waals surface area contributed by atoms with Gasteiger partial charge in [0.2, 0.25) is 0 Å². The number of ether oxygens (including phenoxy) is 4. The molecule has 4 aromatic rings.